The molecule has 0 spiro atoms. The molecule has 1 aromatic heterocycles. The molecule has 0 radical (unpaired) electrons. The van der Waals surface area contributed by atoms with E-state index in [0.29, 0.717) is 6.42 Å². The summed E-state index contributed by atoms with van der Waals surface area (Å²) in [4.78, 5) is 6.53. The fraction of sp³-hybridized carbons (Fsp3) is 0.385. The standard InChI is InChI=1S/C13H17FN4S/c1-15-6-7-18(2)13-16-12(17-19-13)9-10-4-3-5-11(14)8-10/h3-5,8,15H,6-7,9H2,1-2H3. The Labute approximate surface area is 116 Å². The van der Waals surface area contributed by atoms with Gasteiger partial charge in [0.25, 0.3) is 0 Å². The predicted molar refractivity (Wildman–Crippen MR) is 76.3 cm³/mol. The number of benzene rings is 1. The second-order valence-corrected chi connectivity index (χ2v) is 5.06. The van der Waals surface area contributed by atoms with Gasteiger partial charge in [0.2, 0.25) is 5.13 Å². The van der Waals surface area contributed by atoms with Crippen LogP contribution in [0.4, 0.5) is 9.52 Å². The van der Waals surface area contributed by atoms with Crippen molar-refractivity contribution in [1.29, 1.82) is 0 Å². The van der Waals surface area contributed by atoms with Crippen LogP contribution in [0.15, 0.2) is 24.3 Å². The molecule has 0 aliphatic rings. The van der Waals surface area contributed by atoms with Crippen LogP contribution in [0.3, 0.4) is 0 Å². The smallest absolute Gasteiger partial charge is 0.204 e. The van der Waals surface area contributed by atoms with Crippen molar-refractivity contribution in [3.63, 3.8) is 0 Å². The van der Waals surface area contributed by atoms with Crippen LogP contribution >= 0.6 is 11.5 Å². The predicted octanol–water partition coefficient (Wildman–Crippen LogP) is 1.92. The third kappa shape index (κ3) is 3.97. The number of aromatic nitrogens is 2. The quantitative estimate of drug-likeness (QED) is 0.878. The Morgan fingerprint density at radius 1 is 1.42 bits per heavy atom. The molecule has 2 aromatic rings. The molecule has 0 unspecified atom stereocenters. The largest absolute Gasteiger partial charge is 0.349 e. The molecular weight excluding hydrogens is 263 g/mol. The number of hydrogen-bond acceptors (Lipinski definition) is 5. The minimum absolute atomic E-state index is 0.223. The fourth-order valence-corrected chi connectivity index (χ4v) is 2.35. The van der Waals surface area contributed by atoms with E-state index >= 15 is 0 Å². The van der Waals surface area contributed by atoms with Crippen molar-refractivity contribution in [2.45, 2.75) is 6.42 Å². The Morgan fingerprint density at radius 3 is 3.00 bits per heavy atom. The van der Waals surface area contributed by atoms with Crippen LogP contribution in [0.1, 0.15) is 11.4 Å². The number of hydrogen-bond donors (Lipinski definition) is 1. The van der Waals surface area contributed by atoms with E-state index in [1.54, 1.807) is 6.07 Å². The maximum atomic E-state index is 13.1. The molecule has 2 rings (SSSR count). The molecule has 1 aromatic carbocycles. The van der Waals surface area contributed by atoms with Crippen molar-refractivity contribution in [3.8, 4) is 0 Å². The first-order valence-corrected chi connectivity index (χ1v) is 6.89. The third-order valence-electron chi connectivity index (χ3n) is 2.73. The zero-order chi connectivity index (χ0) is 13.7. The molecule has 102 valence electrons. The Bertz CT molecular complexity index is 529. The summed E-state index contributed by atoms with van der Waals surface area (Å²) in [5, 5.41) is 3.98. The van der Waals surface area contributed by atoms with Gasteiger partial charge in [-0.05, 0) is 24.7 Å². The summed E-state index contributed by atoms with van der Waals surface area (Å²) < 4.78 is 17.4. The fourth-order valence-electron chi connectivity index (χ4n) is 1.68. The van der Waals surface area contributed by atoms with Crippen LogP contribution in [0, 0.1) is 5.82 Å². The lowest BCUT2D eigenvalue weighted by molar-refractivity contribution is 0.626. The van der Waals surface area contributed by atoms with E-state index in [-0.39, 0.29) is 5.82 Å². The monoisotopic (exact) mass is 280 g/mol. The first-order valence-electron chi connectivity index (χ1n) is 6.12. The van der Waals surface area contributed by atoms with Gasteiger partial charge >= 0.3 is 0 Å². The molecular formula is C13H17FN4S. The Hall–Kier alpha value is -1.53. The highest BCUT2D eigenvalue weighted by molar-refractivity contribution is 7.09. The van der Waals surface area contributed by atoms with Gasteiger partial charge in [-0.2, -0.15) is 4.37 Å². The Kier molecular flexibility index (Phi) is 4.81. The molecule has 1 N–H and O–H groups in total. The summed E-state index contributed by atoms with van der Waals surface area (Å²) >= 11 is 1.37. The molecule has 0 saturated heterocycles. The minimum Gasteiger partial charge on any atom is -0.349 e. The van der Waals surface area contributed by atoms with E-state index in [4.69, 9.17) is 0 Å². The number of likely N-dealkylation sites (N-methyl/N-ethyl adjacent to an activating group) is 2. The van der Waals surface area contributed by atoms with Crippen molar-refractivity contribution >= 4 is 16.7 Å². The summed E-state index contributed by atoms with van der Waals surface area (Å²) in [6, 6.07) is 6.55. The van der Waals surface area contributed by atoms with Gasteiger partial charge in [0, 0.05) is 38.1 Å². The van der Waals surface area contributed by atoms with Crippen LogP contribution < -0.4 is 10.2 Å². The average Bonchev–Trinajstić information content (AvgIpc) is 2.84. The SMILES string of the molecule is CNCCN(C)c1nc(Cc2cccc(F)c2)ns1. The van der Waals surface area contributed by atoms with Gasteiger partial charge in [0.15, 0.2) is 0 Å². The summed E-state index contributed by atoms with van der Waals surface area (Å²) in [6.07, 6.45) is 0.564. The summed E-state index contributed by atoms with van der Waals surface area (Å²) in [5.74, 6) is 0.515. The van der Waals surface area contributed by atoms with Gasteiger partial charge < -0.3 is 10.2 Å². The molecule has 0 aliphatic heterocycles. The van der Waals surface area contributed by atoms with Gasteiger partial charge in [-0.3, -0.25) is 0 Å². The molecule has 0 amide bonds. The molecule has 6 heteroatoms. The van der Waals surface area contributed by atoms with Crippen LogP contribution in [0.25, 0.3) is 0 Å². The second kappa shape index (κ2) is 6.58. The molecule has 1 heterocycles. The number of rotatable bonds is 6. The molecule has 0 atom stereocenters. The molecule has 4 nitrogen and oxygen atoms in total. The first kappa shape index (κ1) is 13.9. The number of nitrogens with one attached hydrogen (secondary N) is 1. The van der Waals surface area contributed by atoms with Gasteiger partial charge in [-0.1, -0.05) is 12.1 Å². The van der Waals surface area contributed by atoms with Gasteiger partial charge in [0.05, 0.1) is 0 Å². The molecule has 0 aliphatic carbocycles. The normalized spacial score (nSPS) is 10.7. The first-order chi connectivity index (χ1) is 9.19. The van der Waals surface area contributed by atoms with E-state index in [1.165, 1.54) is 23.7 Å². The van der Waals surface area contributed by atoms with Crippen molar-refractivity contribution in [3.05, 3.63) is 41.5 Å². The van der Waals surface area contributed by atoms with Gasteiger partial charge in [-0.25, -0.2) is 9.37 Å². The highest BCUT2D eigenvalue weighted by Gasteiger charge is 2.09. The highest BCUT2D eigenvalue weighted by Crippen LogP contribution is 2.17. The molecule has 0 saturated carbocycles. The Morgan fingerprint density at radius 2 is 2.26 bits per heavy atom. The summed E-state index contributed by atoms with van der Waals surface area (Å²) in [5.41, 5.74) is 0.891. The Balaban J connectivity index is 2.01. The lowest BCUT2D eigenvalue weighted by Crippen LogP contribution is -2.26. The zero-order valence-electron chi connectivity index (χ0n) is 11.1. The minimum atomic E-state index is -0.223. The van der Waals surface area contributed by atoms with Gasteiger partial charge in [-0.15, -0.1) is 0 Å². The maximum Gasteiger partial charge on any atom is 0.204 e. The number of nitrogens with zero attached hydrogens (tertiary/aromatic N) is 3. The zero-order valence-corrected chi connectivity index (χ0v) is 11.9. The van der Waals surface area contributed by atoms with E-state index in [1.807, 2.05) is 20.2 Å². The van der Waals surface area contributed by atoms with E-state index in [0.717, 1.165) is 29.6 Å². The summed E-state index contributed by atoms with van der Waals surface area (Å²) in [6.45, 7) is 1.78. The van der Waals surface area contributed by atoms with E-state index in [9.17, 15) is 4.39 Å². The average molecular weight is 280 g/mol. The molecule has 0 fully saturated rings. The van der Waals surface area contributed by atoms with Crippen LogP contribution in [-0.2, 0) is 6.42 Å². The van der Waals surface area contributed by atoms with Crippen molar-refractivity contribution in [1.82, 2.24) is 14.7 Å². The van der Waals surface area contributed by atoms with E-state index < -0.39 is 0 Å². The van der Waals surface area contributed by atoms with Gasteiger partial charge in [0.1, 0.15) is 11.6 Å². The summed E-state index contributed by atoms with van der Waals surface area (Å²) in [7, 11) is 3.91. The number of anilines is 1. The number of halogens is 1. The highest BCUT2D eigenvalue weighted by atomic mass is 32.1. The van der Waals surface area contributed by atoms with Crippen molar-refractivity contribution < 1.29 is 4.39 Å². The second-order valence-electron chi connectivity index (χ2n) is 4.32. The third-order valence-corrected chi connectivity index (χ3v) is 3.60. The van der Waals surface area contributed by atoms with Crippen LogP contribution in [0.2, 0.25) is 0 Å². The van der Waals surface area contributed by atoms with Crippen molar-refractivity contribution in [2.24, 2.45) is 0 Å². The lowest BCUT2D eigenvalue weighted by Gasteiger charge is -2.13. The molecule has 19 heavy (non-hydrogen) atoms. The van der Waals surface area contributed by atoms with Crippen LogP contribution in [0.5, 0.6) is 0 Å². The maximum absolute atomic E-state index is 13.1. The van der Waals surface area contributed by atoms with Crippen molar-refractivity contribution in [2.75, 3.05) is 32.1 Å². The lowest BCUT2D eigenvalue weighted by atomic mass is 10.1. The molecule has 0 bridgehead atoms. The topological polar surface area (TPSA) is 41.0 Å². The van der Waals surface area contributed by atoms with E-state index in [2.05, 4.69) is 19.6 Å². The van der Waals surface area contributed by atoms with Crippen LogP contribution in [-0.4, -0.2) is 36.5 Å².